The summed E-state index contributed by atoms with van der Waals surface area (Å²) in [6.07, 6.45) is 1.87. The predicted molar refractivity (Wildman–Crippen MR) is 102 cm³/mol. The highest BCUT2D eigenvalue weighted by molar-refractivity contribution is 6.25. The van der Waals surface area contributed by atoms with Gasteiger partial charge in [0.05, 0.1) is 16.8 Å². The lowest BCUT2D eigenvalue weighted by molar-refractivity contribution is -0.136. The zero-order valence-corrected chi connectivity index (χ0v) is 15.7. The van der Waals surface area contributed by atoms with Crippen LogP contribution in [0.25, 0.3) is 10.4 Å². The lowest BCUT2D eigenvalue weighted by Gasteiger charge is -2.34. The summed E-state index contributed by atoms with van der Waals surface area (Å²) in [5.74, 6) is -1.70. The van der Waals surface area contributed by atoms with Crippen molar-refractivity contribution in [2.24, 2.45) is 11.0 Å². The second-order valence-electron chi connectivity index (χ2n) is 7.49. The first-order valence-electron chi connectivity index (χ1n) is 9.61. The van der Waals surface area contributed by atoms with E-state index in [1.165, 1.54) is 0 Å². The predicted octanol–water partition coefficient (Wildman–Crippen LogP) is 1.61. The van der Waals surface area contributed by atoms with E-state index in [1.807, 2.05) is 6.07 Å². The first-order valence-corrected chi connectivity index (χ1v) is 9.61. The molecule has 1 unspecified atom stereocenters. The van der Waals surface area contributed by atoms with Gasteiger partial charge in [0.15, 0.2) is 0 Å². The summed E-state index contributed by atoms with van der Waals surface area (Å²) < 4.78 is 0. The van der Waals surface area contributed by atoms with E-state index in [-0.39, 0.29) is 18.4 Å². The standard InChI is InChI=1S/C19H20N6O4/c20-23-21-10-11-6-8-24(9-7-11)13-3-1-2-12-16(13)19(29)25(18(12)28)14-4-5-15(26)22-17(14)27/h1-3,11,14H,4-10H2,(H,22,26,27). The van der Waals surface area contributed by atoms with Crippen LogP contribution in [0, 0.1) is 5.92 Å². The molecule has 150 valence electrons. The summed E-state index contributed by atoms with van der Waals surface area (Å²) in [6.45, 7) is 1.82. The molecule has 0 spiro atoms. The van der Waals surface area contributed by atoms with Crippen molar-refractivity contribution in [3.8, 4) is 0 Å². The molecule has 1 atom stereocenters. The molecule has 0 aliphatic carbocycles. The molecule has 3 aliphatic heterocycles. The van der Waals surface area contributed by atoms with Crippen LogP contribution in [-0.4, -0.2) is 54.2 Å². The van der Waals surface area contributed by atoms with Gasteiger partial charge in [-0.3, -0.25) is 29.4 Å². The van der Waals surface area contributed by atoms with Gasteiger partial charge in [0.1, 0.15) is 6.04 Å². The van der Waals surface area contributed by atoms with Crippen molar-refractivity contribution >= 4 is 29.3 Å². The quantitative estimate of drug-likeness (QED) is 0.357. The van der Waals surface area contributed by atoms with Crippen LogP contribution in [0.4, 0.5) is 5.69 Å². The number of nitrogens with zero attached hydrogens (tertiary/aromatic N) is 5. The molecule has 0 saturated carbocycles. The number of azide groups is 1. The Kier molecular flexibility index (Phi) is 4.94. The zero-order chi connectivity index (χ0) is 20.5. The second-order valence-corrected chi connectivity index (χ2v) is 7.49. The van der Waals surface area contributed by atoms with Crippen LogP contribution < -0.4 is 10.2 Å². The Labute approximate surface area is 166 Å². The molecule has 1 aromatic rings. The fourth-order valence-electron chi connectivity index (χ4n) is 4.27. The fraction of sp³-hybridized carbons (Fsp3) is 0.474. The van der Waals surface area contributed by atoms with Gasteiger partial charge in [0, 0.05) is 31.0 Å². The van der Waals surface area contributed by atoms with Gasteiger partial charge < -0.3 is 4.90 Å². The van der Waals surface area contributed by atoms with Crippen molar-refractivity contribution in [1.82, 2.24) is 10.2 Å². The molecule has 1 aromatic carbocycles. The largest absolute Gasteiger partial charge is 0.371 e. The number of carbonyl (C=O) groups excluding carboxylic acids is 4. The number of rotatable bonds is 4. The summed E-state index contributed by atoms with van der Waals surface area (Å²) in [7, 11) is 0. The number of nitrogens with one attached hydrogen (secondary N) is 1. The highest BCUT2D eigenvalue weighted by atomic mass is 16.2. The molecule has 0 radical (unpaired) electrons. The Hall–Kier alpha value is -3.39. The van der Waals surface area contributed by atoms with Crippen LogP contribution in [0.3, 0.4) is 0 Å². The SMILES string of the molecule is [N-]=[N+]=NCC1CCN(c2cccc3c2C(=O)N(C2CCC(=O)NC2=O)C3=O)CC1. The third-order valence-electron chi connectivity index (χ3n) is 5.80. The van der Waals surface area contributed by atoms with E-state index >= 15 is 0 Å². The van der Waals surface area contributed by atoms with Crippen LogP contribution >= 0.6 is 0 Å². The van der Waals surface area contributed by atoms with Gasteiger partial charge in [-0.2, -0.15) is 0 Å². The van der Waals surface area contributed by atoms with Crippen LogP contribution in [-0.2, 0) is 9.59 Å². The molecule has 2 saturated heterocycles. The van der Waals surface area contributed by atoms with E-state index in [0.717, 1.165) is 17.7 Å². The summed E-state index contributed by atoms with van der Waals surface area (Å²) in [4.78, 5) is 55.6. The number of hydrogen-bond acceptors (Lipinski definition) is 6. The molecule has 0 aromatic heterocycles. The summed E-state index contributed by atoms with van der Waals surface area (Å²) in [5, 5.41) is 5.85. The molecule has 0 bridgehead atoms. The third-order valence-corrected chi connectivity index (χ3v) is 5.80. The van der Waals surface area contributed by atoms with Crippen molar-refractivity contribution in [3.63, 3.8) is 0 Å². The maximum Gasteiger partial charge on any atom is 0.264 e. The monoisotopic (exact) mass is 396 g/mol. The highest BCUT2D eigenvalue weighted by Gasteiger charge is 2.46. The van der Waals surface area contributed by atoms with Gasteiger partial charge in [0.25, 0.3) is 11.8 Å². The maximum absolute atomic E-state index is 13.2. The van der Waals surface area contributed by atoms with E-state index in [2.05, 4.69) is 20.2 Å². The molecule has 10 nitrogen and oxygen atoms in total. The van der Waals surface area contributed by atoms with E-state index in [1.54, 1.807) is 12.1 Å². The number of hydrogen-bond donors (Lipinski definition) is 1. The van der Waals surface area contributed by atoms with Crippen molar-refractivity contribution in [1.29, 1.82) is 0 Å². The molecule has 29 heavy (non-hydrogen) atoms. The van der Waals surface area contributed by atoms with Crippen LogP contribution in [0.1, 0.15) is 46.4 Å². The first kappa shape index (κ1) is 18.9. The highest BCUT2D eigenvalue weighted by Crippen LogP contribution is 2.35. The van der Waals surface area contributed by atoms with E-state index in [4.69, 9.17) is 5.53 Å². The normalized spacial score (nSPS) is 22.4. The number of benzene rings is 1. The number of carbonyl (C=O) groups is 4. The van der Waals surface area contributed by atoms with Crippen molar-refractivity contribution in [2.75, 3.05) is 24.5 Å². The number of fused-ring (bicyclic) bond motifs is 1. The van der Waals surface area contributed by atoms with E-state index < -0.39 is 29.7 Å². The van der Waals surface area contributed by atoms with Crippen molar-refractivity contribution in [3.05, 3.63) is 39.8 Å². The van der Waals surface area contributed by atoms with Gasteiger partial charge >= 0.3 is 0 Å². The summed E-state index contributed by atoms with van der Waals surface area (Å²) >= 11 is 0. The molecule has 2 fully saturated rings. The average Bonchev–Trinajstić information content (AvgIpc) is 2.98. The molecule has 4 amide bonds. The van der Waals surface area contributed by atoms with Crippen LogP contribution in [0.2, 0.25) is 0 Å². The van der Waals surface area contributed by atoms with Gasteiger partial charge in [-0.05, 0) is 42.8 Å². The minimum Gasteiger partial charge on any atom is -0.371 e. The Morgan fingerprint density at radius 1 is 1.10 bits per heavy atom. The molecular formula is C19H20N6O4. The van der Waals surface area contributed by atoms with Crippen molar-refractivity contribution < 1.29 is 19.2 Å². The smallest absolute Gasteiger partial charge is 0.264 e. The lowest BCUT2D eigenvalue weighted by Crippen LogP contribution is -2.54. The maximum atomic E-state index is 13.2. The zero-order valence-electron chi connectivity index (χ0n) is 15.7. The lowest BCUT2D eigenvalue weighted by atomic mass is 9.95. The number of anilines is 1. The molecular weight excluding hydrogens is 376 g/mol. The minimum absolute atomic E-state index is 0.0926. The fourth-order valence-corrected chi connectivity index (χ4v) is 4.27. The molecule has 10 heteroatoms. The molecule has 3 aliphatic rings. The van der Waals surface area contributed by atoms with Crippen LogP contribution in [0.15, 0.2) is 23.3 Å². The minimum atomic E-state index is -0.970. The molecule has 3 heterocycles. The van der Waals surface area contributed by atoms with Gasteiger partial charge in [-0.1, -0.05) is 11.2 Å². The van der Waals surface area contributed by atoms with E-state index in [9.17, 15) is 19.2 Å². The number of piperidine rings is 2. The van der Waals surface area contributed by atoms with Gasteiger partial charge in [-0.25, -0.2) is 0 Å². The average molecular weight is 396 g/mol. The summed E-state index contributed by atoms with van der Waals surface area (Å²) in [6, 6.07) is 4.17. The second kappa shape index (κ2) is 7.56. The topological polar surface area (TPSA) is 136 Å². The Morgan fingerprint density at radius 2 is 1.86 bits per heavy atom. The van der Waals surface area contributed by atoms with Crippen molar-refractivity contribution in [2.45, 2.75) is 31.7 Å². The van der Waals surface area contributed by atoms with E-state index in [0.29, 0.717) is 36.8 Å². The van der Waals surface area contributed by atoms with Gasteiger partial charge in [-0.15, -0.1) is 0 Å². The molecule has 4 rings (SSSR count). The first-order chi connectivity index (χ1) is 14.0. The van der Waals surface area contributed by atoms with Gasteiger partial charge in [0.2, 0.25) is 11.8 Å². The Morgan fingerprint density at radius 3 is 2.55 bits per heavy atom. The Bertz CT molecular complexity index is 946. The number of imide groups is 2. The summed E-state index contributed by atoms with van der Waals surface area (Å²) in [5.41, 5.74) is 9.76. The molecule has 1 N–H and O–H groups in total. The number of amides is 4. The third kappa shape index (κ3) is 3.31. The van der Waals surface area contributed by atoms with Crippen LogP contribution in [0.5, 0.6) is 0 Å². The Balaban J connectivity index is 1.58.